The van der Waals surface area contributed by atoms with Gasteiger partial charge in [0.25, 0.3) is 0 Å². The summed E-state index contributed by atoms with van der Waals surface area (Å²) in [6.07, 6.45) is 0.635. The van der Waals surface area contributed by atoms with Crippen molar-refractivity contribution >= 4 is 7.60 Å². The standard InChI is InChI=1S/C13H30NO3P/c1-7-13(5,6)18(15,16)17-12-11-14(8-2,9-3)10-4/h7-12H2,1-6H3/p+1. The van der Waals surface area contributed by atoms with E-state index in [1.54, 1.807) is 13.8 Å². The first-order valence-electron chi connectivity index (χ1n) is 7.02. The molecule has 0 saturated carbocycles. The smallest absolute Gasteiger partial charge is 0.324 e. The van der Waals surface area contributed by atoms with Gasteiger partial charge in [-0.2, -0.15) is 0 Å². The fourth-order valence-electron chi connectivity index (χ4n) is 1.88. The first kappa shape index (κ1) is 18.1. The molecule has 0 spiro atoms. The van der Waals surface area contributed by atoms with E-state index >= 15 is 0 Å². The normalized spacial score (nSPS) is 16.6. The minimum Gasteiger partial charge on any atom is -0.324 e. The van der Waals surface area contributed by atoms with Crippen LogP contribution in [0.4, 0.5) is 0 Å². The highest BCUT2D eigenvalue weighted by molar-refractivity contribution is 7.54. The molecule has 1 atom stereocenters. The van der Waals surface area contributed by atoms with Crippen LogP contribution >= 0.6 is 7.60 Å². The van der Waals surface area contributed by atoms with Crippen molar-refractivity contribution < 1.29 is 18.5 Å². The fourth-order valence-corrected chi connectivity index (χ4v) is 2.96. The second kappa shape index (κ2) is 7.04. The van der Waals surface area contributed by atoms with E-state index in [4.69, 9.17) is 4.52 Å². The van der Waals surface area contributed by atoms with Crippen LogP contribution < -0.4 is 0 Å². The average Bonchev–Trinajstić information content (AvgIpc) is 2.35. The topological polar surface area (TPSA) is 46.5 Å². The minimum atomic E-state index is -3.52. The number of nitrogens with zero attached hydrogens (tertiary/aromatic N) is 1. The van der Waals surface area contributed by atoms with Crippen LogP contribution in [0.5, 0.6) is 0 Å². The molecule has 0 fully saturated rings. The summed E-state index contributed by atoms with van der Waals surface area (Å²) in [6, 6.07) is 0. The molecule has 1 unspecified atom stereocenters. The molecule has 1 N–H and O–H groups in total. The Labute approximate surface area is 112 Å². The summed E-state index contributed by atoms with van der Waals surface area (Å²) in [6.45, 7) is 16.2. The van der Waals surface area contributed by atoms with E-state index < -0.39 is 12.8 Å². The van der Waals surface area contributed by atoms with Crippen LogP contribution in [0.25, 0.3) is 0 Å². The minimum absolute atomic E-state index is 0.354. The molecule has 0 aliphatic carbocycles. The first-order chi connectivity index (χ1) is 8.20. The van der Waals surface area contributed by atoms with Gasteiger partial charge in [-0.25, -0.2) is 0 Å². The second-order valence-electron chi connectivity index (χ2n) is 5.53. The molecule has 0 heterocycles. The molecule has 0 aliphatic rings. The van der Waals surface area contributed by atoms with Crippen molar-refractivity contribution in [2.24, 2.45) is 0 Å². The van der Waals surface area contributed by atoms with Gasteiger partial charge in [-0.05, 0) is 41.0 Å². The van der Waals surface area contributed by atoms with Gasteiger partial charge in [0.2, 0.25) is 0 Å². The van der Waals surface area contributed by atoms with Gasteiger partial charge in [-0.3, -0.25) is 4.57 Å². The molecule has 0 aromatic carbocycles. The maximum absolute atomic E-state index is 12.1. The Morgan fingerprint density at radius 1 is 1.11 bits per heavy atom. The first-order valence-corrected chi connectivity index (χ1v) is 8.60. The predicted molar refractivity (Wildman–Crippen MR) is 76.9 cm³/mol. The van der Waals surface area contributed by atoms with Crippen molar-refractivity contribution in [1.82, 2.24) is 0 Å². The van der Waals surface area contributed by atoms with Crippen molar-refractivity contribution in [1.29, 1.82) is 0 Å². The van der Waals surface area contributed by atoms with Gasteiger partial charge in [0.15, 0.2) is 0 Å². The zero-order valence-electron chi connectivity index (χ0n) is 12.9. The Balaban J connectivity index is 4.47. The largest absolute Gasteiger partial charge is 0.333 e. The SMILES string of the molecule is CCC(C)(C)P(=O)(O)OCC[N+](CC)(CC)CC. The van der Waals surface area contributed by atoms with Crippen LogP contribution in [0.1, 0.15) is 48.0 Å². The molecule has 0 rings (SSSR count). The fraction of sp³-hybridized carbons (Fsp3) is 1.00. The molecule has 0 bridgehead atoms. The predicted octanol–water partition coefficient (Wildman–Crippen LogP) is 3.25. The Kier molecular flexibility index (Phi) is 7.09. The second-order valence-corrected chi connectivity index (χ2v) is 8.04. The average molecular weight is 280 g/mol. The monoisotopic (exact) mass is 280 g/mol. The number of rotatable bonds is 9. The quantitative estimate of drug-likeness (QED) is 0.521. The van der Waals surface area contributed by atoms with Crippen LogP contribution in [-0.2, 0) is 9.09 Å². The van der Waals surface area contributed by atoms with Crippen LogP contribution in [0.3, 0.4) is 0 Å². The summed E-state index contributed by atoms with van der Waals surface area (Å²) < 4.78 is 18.4. The Hall–Kier alpha value is 0.110. The molecule has 5 heteroatoms. The summed E-state index contributed by atoms with van der Waals surface area (Å²) in [7, 11) is -3.52. The van der Waals surface area contributed by atoms with E-state index in [1.165, 1.54) is 0 Å². The highest BCUT2D eigenvalue weighted by Gasteiger charge is 2.39. The molecule has 0 amide bonds. The van der Waals surface area contributed by atoms with Crippen molar-refractivity contribution in [2.75, 3.05) is 32.8 Å². The Morgan fingerprint density at radius 3 is 1.89 bits per heavy atom. The van der Waals surface area contributed by atoms with E-state index in [9.17, 15) is 9.46 Å². The third-order valence-electron chi connectivity index (χ3n) is 4.47. The van der Waals surface area contributed by atoms with Gasteiger partial charge in [0, 0.05) is 0 Å². The van der Waals surface area contributed by atoms with Gasteiger partial charge in [-0.15, -0.1) is 0 Å². The number of hydrogen-bond donors (Lipinski definition) is 1. The number of hydrogen-bond acceptors (Lipinski definition) is 2. The van der Waals surface area contributed by atoms with Crippen molar-refractivity contribution in [3.63, 3.8) is 0 Å². The van der Waals surface area contributed by atoms with Gasteiger partial charge in [0.1, 0.15) is 13.2 Å². The van der Waals surface area contributed by atoms with E-state index in [2.05, 4.69) is 20.8 Å². The lowest BCUT2D eigenvalue weighted by Crippen LogP contribution is -2.49. The summed E-state index contributed by atoms with van der Waals surface area (Å²) in [5, 5.41) is -0.659. The van der Waals surface area contributed by atoms with Crippen LogP contribution in [0.2, 0.25) is 0 Å². The zero-order valence-corrected chi connectivity index (χ0v) is 13.8. The van der Waals surface area contributed by atoms with Crippen LogP contribution in [0, 0.1) is 0 Å². The highest BCUT2D eigenvalue weighted by atomic mass is 31.2. The lowest BCUT2D eigenvalue weighted by molar-refractivity contribution is -0.923. The third-order valence-corrected chi connectivity index (χ3v) is 6.85. The highest BCUT2D eigenvalue weighted by Crippen LogP contribution is 2.56. The maximum Gasteiger partial charge on any atom is 0.333 e. The molecule has 0 radical (unpaired) electrons. The molecule has 0 aromatic heterocycles. The van der Waals surface area contributed by atoms with Crippen molar-refractivity contribution in [3.05, 3.63) is 0 Å². The summed E-state index contributed by atoms with van der Waals surface area (Å²) in [5.74, 6) is 0. The van der Waals surface area contributed by atoms with Gasteiger partial charge in [-0.1, -0.05) is 6.92 Å². The van der Waals surface area contributed by atoms with E-state index in [0.29, 0.717) is 13.0 Å². The van der Waals surface area contributed by atoms with Crippen LogP contribution in [0.15, 0.2) is 0 Å². The van der Waals surface area contributed by atoms with Crippen molar-refractivity contribution in [3.8, 4) is 0 Å². The van der Waals surface area contributed by atoms with Crippen LogP contribution in [-0.4, -0.2) is 47.3 Å². The molecule has 110 valence electrons. The maximum atomic E-state index is 12.1. The molecule has 4 nitrogen and oxygen atoms in total. The summed E-state index contributed by atoms with van der Waals surface area (Å²) >= 11 is 0. The lowest BCUT2D eigenvalue weighted by Gasteiger charge is -2.36. The zero-order chi connectivity index (χ0) is 14.4. The van der Waals surface area contributed by atoms with Gasteiger partial charge < -0.3 is 13.9 Å². The van der Waals surface area contributed by atoms with E-state index in [-0.39, 0.29) is 0 Å². The molecule has 0 aliphatic heterocycles. The number of likely N-dealkylation sites (N-methyl/N-ethyl adjacent to an activating group) is 1. The van der Waals surface area contributed by atoms with Gasteiger partial charge >= 0.3 is 7.60 Å². The molecule has 0 saturated heterocycles. The molecular weight excluding hydrogens is 249 g/mol. The molecule has 0 aromatic rings. The summed E-state index contributed by atoms with van der Waals surface area (Å²) in [4.78, 5) is 9.98. The van der Waals surface area contributed by atoms with E-state index in [1.807, 2.05) is 6.92 Å². The summed E-state index contributed by atoms with van der Waals surface area (Å²) in [5.41, 5.74) is 0. The lowest BCUT2D eigenvalue weighted by atomic mass is 10.1. The molecule has 18 heavy (non-hydrogen) atoms. The Bertz CT molecular complexity index is 280. The van der Waals surface area contributed by atoms with Crippen molar-refractivity contribution in [2.45, 2.75) is 53.1 Å². The van der Waals surface area contributed by atoms with E-state index in [0.717, 1.165) is 30.7 Å². The van der Waals surface area contributed by atoms with Gasteiger partial charge in [0.05, 0.1) is 24.8 Å². The number of quaternary nitrogens is 1. The third kappa shape index (κ3) is 4.34. The molecular formula is C13H31NO3P+. The Morgan fingerprint density at radius 2 is 1.56 bits per heavy atom.